The van der Waals surface area contributed by atoms with Gasteiger partial charge >= 0.3 is 0 Å². The van der Waals surface area contributed by atoms with Crippen molar-refractivity contribution in [1.29, 1.82) is 0 Å². The Hall–Kier alpha value is -1.78. The molecule has 2 rings (SSSR count). The molecular weight excluding hydrogens is 214 g/mol. The van der Waals surface area contributed by atoms with Crippen LogP contribution in [0.3, 0.4) is 0 Å². The molecule has 5 nitrogen and oxygen atoms in total. The standard InChI is InChI=1S/C12H18N5/c1-3-5-8-16-9-6-7-11(10-16)12-13-15-17(4-2)14-12/h6-7,9-10H,3-5,8H2,1-2H3/q+1. The zero-order valence-electron chi connectivity index (χ0n) is 10.4. The van der Waals surface area contributed by atoms with Gasteiger partial charge in [0.1, 0.15) is 6.54 Å². The van der Waals surface area contributed by atoms with Gasteiger partial charge < -0.3 is 0 Å². The van der Waals surface area contributed by atoms with Gasteiger partial charge in [-0.25, -0.2) is 4.57 Å². The Balaban J connectivity index is 2.20. The van der Waals surface area contributed by atoms with Crippen molar-refractivity contribution in [3.05, 3.63) is 24.5 Å². The molecule has 0 bridgehead atoms. The maximum Gasteiger partial charge on any atom is 0.210 e. The van der Waals surface area contributed by atoms with Crippen molar-refractivity contribution < 1.29 is 4.57 Å². The molecule has 0 aliphatic rings. The first kappa shape index (κ1) is 11.7. The summed E-state index contributed by atoms with van der Waals surface area (Å²) in [4.78, 5) is 1.60. The van der Waals surface area contributed by atoms with E-state index in [0.29, 0.717) is 5.82 Å². The molecule has 0 saturated carbocycles. The molecule has 0 aliphatic heterocycles. The van der Waals surface area contributed by atoms with E-state index in [1.54, 1.807) is 4.80 Å². The summed E-state index contributed by atoms with van der Waals surface area (Å²) in [6.07, 6.45) is 6.53. The van der Waals surface area contributed by atoms with Crippen molar-refractivity contribution in [1.82, 2.24) is 20.2 Å². The van der Waals surface area contributed by atoms with Crippen LogP contribution in [0.5, 0.6) is 0 Å². The predicted octanol–water partition coefficient (Wildman–Crippen LogP) is 1.45. The molecule has 0 atom stereocenters. The van der Waals surface area contributed by atoms with E-state index in [-0.39, 0.29) is 0 Å². The fourth-order valence-corrected chi connectivity index (χ4v) is 1.63. The van der Waals surface area contributed by atoms with Crippen molar-refractivity contribution in [3.8, 4) is 11.4 Å². The van der Waals surface area contributed by atoms with Crippen LogP contribution >= 0.6 is 0 Å². The molecule has 0 aliphatic carbocycles. The third kappa shape index (κ3) is 2.87. The molecule has 2 aromatic rings. The van der Waals surface area contributed by atoms with Gasteiger partial charge in [-0.05, 0) is 18.2 Å². The van der Waals surface area contributed by atoms with Gasteiger partial charge in [0.25, 0.3) is 0 Å². The lowest BCUT2D eigenvalue weighted by molar-refractivity contribution is -0.696. The van der Waals surface area contributed by atoms with Gasteiger partial charge in [0, 0.05) is 12.5 Å². The van der Waals surface area contributed by atoms with Crippen LogP contribution in [0.2, 0.25) is 0 Å². The Morgan fingerprint density at radius 3 is 2.94 bits per heavy atom. The summed E-state index contributed by atoms with van der Waals surface area (Å²) in [5, 5.41) is 12.3. The fourth-order valence-electron chi connectivity index (χ4n) is 1.63. The summed E-state index contributed by atoms with van der Waals surface area (Å²) < 4.78 is 2.17. The van der Waals surface area contributed by atoms with Crippen LogP contribution < -0.4 is 4.57 Å². The quantitative estimate of drug-likeness (QED) is 0.733. The van der Waals surface area contributed by atoms with E-state index in [1.807, 2.05) is 19.1 Å². The van der Waals surface area contributed by atoms with E-state index in [2.05, 4.69) is 39.3 Å². The smallest absolute Gasteiger partial charge is 0.204 e. The van der Waals surface area contributed by atoms with Crippen molar-refractivity contribution in [2.24, 2.45) is 0 Å². The van der Waals surface area contributed by atoms with E-state index in [9.17, 15) is 0 Å². The topological polar surface area (TPSA) is 47.5 Å². The van der Waals surface area contributed by atoms with E-state index < -0.39 is 0 Å². The van der Waals surface area contributed by atoms with Crippen LogP contribution in [0.25, 0.3) is 11.4 Å². The molecule has 0 aromatic carbocycles. The molecule has 0 saturated heterocycles. The van der Waals surface area contributed by atoms with Gasteiger partial charge in [-0.3, -0.25) is 0 Å². The number of tetrazole rings is 1. The number of hydrogen-bond donors (Lipinski definition) is 0. The monoisotopic (exact) mass is 232 g/mol. The average Bonchev–Trinajstić information content (AvgIpc) is 2.85. The molecule has 0 spiro atoms. The highest BCUT2D eigenvalue weighted by Gasteiger charge is 2.09. The maximum atomic E-state index is 4.30. The molecular formula is C12H18N5+. The van der Waals surface area contributed by atoms with E-state index in [4.69, 9.17) is 0 Å². The van der Waals surface area contributed by atoms with E-state index in [1.165, 1.54) is 12.8 Å². The first-order chi connectivity index (χ1) is 8.33. The maximum absolute atomic E-state index is 4.30. The Bertz CT molecular complexity index is 477. The second-order valence-electron chi connectivity index (χ2n) is 3.99. The SMILES string of the molecule is CCCC[n+]1cccc(-c2nnn(CC)n2)c1. The van der Waals surface area contributed by atoms with Gasteiger partial charge in [0.2, 0.25) is 5.82 Å². The minimum Gasteiger partial charge on any atom is -0.204 e. The highest BCUT2D eigenvalue weighted by atomic mass is 15.6. The molecule has 90 valence electrons. The van der Waals surface area contributed by atoms with Crippen molar-refractivity contribution >= 4 is 0 Å². The molecule has 0 radical (unpaired) electrons. The van der Waals surface area contributed by atoms with E-state index in [0.717, 1.165) is 18.7 Å². The highest BCUT2D eigenvalue weighted by Crippen LogP contribution is 2.09. The van der Waals surface area contributed by atoms with Crippen molar-refractivity contribution in [3.63, 3.8) is 0 Å². The molecule has 2 aromatic heterocycles. The van der Waals surface area contributed by atoms with Crippen LogP contribution in [0, 0.1) is 0 Å². The second kappa shape index (κ2) is 5.52. The van der Waals surface area contributed by atoms with Crippen LogP contribution in [0.15, 0.2) is 24.5 Å². The number of aromatic nitrogens is 5. The van der Waals surface area contributed by atoms with Gasteiger partial charge in [0.05, 0.1) is 12.1 Å². The predicted molar refractivity (Wildman–Crippen MR) is 64.0 cm³/mol. The Kier molecular flexibility index (Phi) is 3.80. The lowest BCUT2D eigenvalue weighted by Gasteiger charge is -1.96. The number of aryl methyl sites for hydroxylation is 2. The molecule has 0 unspecified atom stereocenters. The summed E-state index contributed by atoms with van der Waals surface area (Å²) in [6, 6.07) is 4.04. The Morgan fingerprint density at radius 2 is 2.24 bits per heavy atom. The van der Waals surface area contributed by atoms with Crippen LogP contribution in [-0.2, 0) is 13.1 Å². The number of pyridine rings is 1. The number of nitrogens with zero attached hydrogens (tertiary/aromatic N) is 5. The van der Waals surface area contributed by atoms with Crippen LogP contribution in [0.4, 0.5) is 0 Å². The average molecular weight is 232 g/mol. The van der Waals surface area contributed by atoms with Crippen LogP contribution in [0.1, 0.15) is 26.7 Å². The van der Waals surface area contributed by atoms with Gasteiger partial charge in [-0.1, -0.05) is 13.3 Å². The van der Waals surface area contributed by atoms with Gasteiger partial charge in [-0.2, -0.15) is 4.80 Å². The Morgan fingerprint density at radius 1 is 1.35 bits per heavy atom. The molecule has 0 N–H and O–H groups in total. The Labute approximate surface area is 101 Å². The summed E-state index contributed by atoms with van der Waals surface area (Å²) >= 11 is 0. The number of hydrogen-bond acceptors (Lipinski definition) is 3. The summed E-state index contributed by atoms with van der Waals surface area (Å²) in [7, 11) is 0. The third-order valence-corrected chi connectivity index (χ3v) is 2.62. The lowest BCUT2D eigenvalue weighted by Crippen LogP contribution is -2.32. The zero-order valence-corrected chi connectivity index (χ0v) is 10.4. The first-order valence-electron chi connectivity index (χ1n) is 6.10. The first-order valence-corrected chi connectivity index (χ1v) is 6.10. The molecule has 0 fully saturated rings. The molecule has 2 heterocycles. The number of rotatable bonds is 5. The van der Waals surface area contributed by atoms with Gasteiger partial charge in [0.15, 0.2) is 12.4 Å². The van der Waals surface area contributed by atoms with Gasteiger partial charge in [-0.15, -0.1) is 10.2 Å². The minimum atomic E-state index is 0.692. The zero-order chi connectivity index (χ0) is 12.1. The second-order valence-corrected chi connectivity index (χ2v) is 3.99. The summed E-state index contributed by atoms with van der Waals surface area (Å²) in [5.74, 6) is 0.692. The van der Waals surface area contributed by atoms with Crippen molar-refractivity contribution in [2.45, 2.75) is 39.8 Å². The molecule has 5 heteroatoms. The normalized spacial score (nSPS) is 10.7. The summed E-state index contributed by atoms with van der Waals surface area (Å²) in [5.41, 5.74) is 1.02. The fraction of sp³-hybridized carbons (Fsp3) is 0.500. The lowest BCUT2D eigenvalue weighted by atomic mass is 10.2. The van der Waals surface area contributed by atoms with Crippen LogP contribution in [-0.4, -0.2) is 20.2 Å². The van der Waals surface area contributed by atoms with E-state index >= 15 is 0 Å². The minimum absolute atomic E-state index is 0.692. The molecule has 17 heavy (non-hydrogen) atoms. The third-order valence-electron chi connectivity index (χ3n) is 2.62. The number of unbranched alkanes of at least 4 members (excludes halogenated alkanes) is 1. The summed E-state index contributed by atoms with van der Waals surface area (Å²) in [6.45, 7) is 5.97. The highest BCUT2D eigenvalue weighted by molar-refractivity contribution is 5.50. The molecule has 0 amide bonds. The van der Waals surface area contributed by atoms with Crippen molar-refractivity contribution in [2.75, 3.05) is 0 Å². The largest absolute Gasteiger partial charge is 0.210 e.